The fourth-order valence-corrected chi connectivity index (χ4v) is 4.89. The zero-order chi connectivity index (χ0) is 25.5. The van der Waals surface area contributed by atoms with Gasteiger partial charge >= 0.3 is 0 Å². The van der Waals surface area contributed by atoms with Gasteiger partial charge in [0.25, 0.3) is 0 Å². The molecule has 0 amide bonds. The minimum atomic E-state index is -0.911. The minimum Gasteiger partial charge on any atom is -0.494 e. The van der Waals surface area contributed by atoms with Gasteiger partial charge in [0.2, 0.25) is 5.95 Å². The summed E-state index contributed by atoms with van der Waals surface area (Å²) in [5.41, 5.74) is 3.74. The number of ether oxygens (including phenoxy) is 2. The van der Waals surface area contributed by atoms with Crippen LogP contribution in [0, 0.1) is 5.82 Å². The molecule has 2 atom stereocenters. The van der Waals surface area contributed by atoms with Crippen LogP contribution in [0.25, 0.3) is 5.69 Å². The standard InChI is InChI=1S/C26H23ClF2N6O2/c1-36-21-10-18(6-7-20(21)35-12-22(27)30-14-35)31-26-32-23-19(25(33-26)34-9-8-17(29)11-34)13-37-24(23)15-2-4-16(28)5-3-15/h2-7,10,12,14,17,24H,8-9,11,13H2,1H3,(H,31,32,33)/t17-,24?/m0/s1. The molecule has 2 aliphatic rings. The van der Waals surface area contributed by atoms with Crippen LogP contribution in [0.4, 0.5) is 26.2 Å². The second kappa shape index (κ2) is 9.60. The number of hydrogen-bond donors (Lipinski definition) is 1. The second-order valence-electron chi connectivity index (χ2n) is 8.92. The number of benzene rings is 2. The number of nitrogens with zero attached hydrogens (tertiary/aromatic N) is 5. The van der Waals surface area contributed by atoms with Crippen molar-refractivity contribution in [1.29, 1.82) is 0 Å². The number of alkyl halides is 1. The van der Waals surface area contributed by atoms with Crippen LogP contribution in [0.15, 0.2) is 55.0 Å². The normalized spacial score (nSPS) is 18.8. The van der Waals surface area contributed by atoms with Gasteiger partial charge in [-0.05, 0) is 36.2 Å². The van der Waals surface area contributed by atoms with E-state index in [1.165, 1.54) is 12.1 Å². The average Bonchev–Trinajstić information content (AvgIpc) is 3.64. The number of fused-ring (bicyclic) bond motifs is 1. The van der Waals surface area contributed by atoms with Crippen molar-refractivity contribution in [3.05, 3.63) is 82.8 Å². The lowest BCUT2D eigenvalue weighted by atomic mass is 10.0. The Bertz CT molecular complexity index is 1450. The number of nitrogens with one attached hydrogen (secondary N) is 1. The van der Waals surface area contributed by atoms with Gasteiger partial charge in [0.05, 0.1) is 31.6 Å². The van der Waals surface area contributed by atoms with Gasteiger partial charge < -0.3 is 24.3 Å². The highest BCUT2D eigenvalue weighted by Crippen LogP contribution is 2.40. The van der Waals surface area contributed by atoms with Crippen molar-refractivity contribution >= 4 is 29.1 Å². The molecule has 4 aromatic rings. The minimum absolute atomic E-state index is 0.264. The lowest BCUT2D eigenvalue weighted by molar-refractivity contribution is 0.0923. The van der Waals surface area contributed by atoms with E-state index in [-0.39, 0.29) is 19.0 Å². The van der Waals surface area contributed by atoms with Crippen LogP contribution in [-0.2, 0) is 11.3 Å². The predicted octanol–water partition coefficient (Wildman–Crippen LogP) is 5.37. The highest BCUT2D eigenvalue weighted by atomic mass is 35.5. The Hall–Kier alpha value is -3.76. The molecule has 4 heterocycles. The molecule has 1 N–H and O–H groups in total. The molecular formula is C26H23ClF2N6O2. The molecule has 8 nitrogen and oxygen atoms in total. The van der Waals surface area contributed by atoms with Crippen LogP contribution in [0.1, 0.15) is 29.3 Å². The van der Waals surface area contributed by atoms with Crippen molar-refractivity contribution in [2.75, 3.05) is 30.4 Å². The summed E-state index contributed by atoms with van der Waals surface area (Å²) in [6, 6.07) is 11.7. The van der Waals surface area contributed by atoms with Gasteiger partial charge in [0, 0.05) is 30.1 Å². The molecule has 37 heavy (non-hydrogen) atoms. The number of anilines is 3. The maximum Gasteiger partial charge on any atom is 0.229 e. The number of halogens is 3. The largest absolute Gasteiger partial charge is 0.494 e. The summed E-state index contributed by atoms with van der Waals surface area (Å²) in [5.74, 6) is 1.25. The quantitative estimate of drug-likeness (QED) is 0.363. The maximum atomic E-state index is 14.1. The van der Waals surface area contributed by atoms with E-state index in [1.54, 1.807) is 36.3 Å². The summed E-state index contributed by atoms with van der Waals surface area (Å²) in [5, 5.41) is 3.63. The zero-order valence-corrected chi connectivity index (χ0v) is 20.6. The Balaban J connectivity index is 1.37. The summed E-state index contributed by atoms with van der Waals surface area (Å²) in [4.78, 5) is 15.5. The molecule has 2 aromatic carbocycles. The van der Waals surface area contributed by atoms with E-state index in [0.717, 1.165) is 16.8 Å². The van der Waals surface area contributed by atoms with Crippen LogP contribution in [-0.4, -0.2) is 45.9 Å². The number of methoxy groups -OCH3 is 1. The SMILES string of the molecule is COc1cc(Nc2nc3c(c(N4CC[C@H](F)C4)n2)COC3c2ccc(F)cc2)ccc1-n1cnc(Cl)c1. The molecule has 0 saturated carbocycles. The topological polar surface area (TPSA) is 77.3 Å². The molecule has 0 radical (unpaired) electrons. The second-order valence-corrected chi connectivity index (χ2v) is 9.31. The fourth-order valence-electron chi connectivity index (χ4n) is 4.74. The Morgan fingerprint density at radius 1 is 1.16 bits per heavy atom. The Morgan fingerprint density at radius 2 is 2.00 bits per heavy atom. The molecule has 11 heteroatoms. The Kier molecular flexibility index (Phi) is 6.13. The first-order chi connectivity index (χ1) is 18.0. The number of rotatable bonds is 6. The van der Waals surface area contributed by atoms with E-state index < -0.39 is 12.3 Å². The van der Waals surface area contributed by atoms with Crippen molar-refractivity contribution in [2.24, 2.45) is 0 Å². The summed E-state index contributed by atoms with van der Waals surface area (Å²) < 4.78 is 41.1. The molecule has 2 aliphatic heterocycles. The summed E-state index contributed by atoms with van der Waals surface area (Å²) in [6.07, 6.45) is 2.34. The molecular weight excluding hydrogens is 502 g/mol. The fraction of sp³-hybridized carbons (Fsp3) is 0.269. The average molecular weight is 525 g/mol. The highest BCUT2D eigenvalue weighted by Gasteiger charge is 2.34. The summed E-state index contributed by atoms with van der Waals surface area (Å²) in [7, 11) is 1.58. The van der Waals surface area contributed by atoms with Crippen molar-refractivity contribution in [2.45, 2.75) is 25.3 Å². The lowest BCUT2D eigenvalue weighted by Gasteiger charge is -2.21. The van der Waals surface area contributed by atoms with Gasteiger partial charge in [0.15, 0.2) is 0 Å². The van der Waals surface area contributed by atoms with E-state index in [4.69, 9.17) is 31.0 Å². The molecule has 1 fully saturated rings. The van der Waals surface area contributed by atoms with Crippen LogP contribution in [0.3, 0.4) is 0 Å². The zero-order valence-electron chi connectivity index (χ0n) is 19.9. The smallest absolute Gasteiger partial charge is 0.229 e. The van der Waals surface area contributed by atoms with Crippen molar-refractivity contribution in [3.63, 3.8) is 0 Å². The van der Waals surface area contributed by atoms with Gasteiger partial charge in [0.1, 0.15) is 41.1 Å². The molecule has 0 aliphatic carbocycles. The molecule has 2 aromatic heterocycles. The first-order valence-electron chi connectivity index (χ1n) is 11.8. The van der Waals surface area contributed by atoms with Crippen LogP contribution >= 0.6 is 11.6 Å². The van der Waals surface area contributed by atoms with E-state index >= 15 is 0 Å². The molecule has 1 unspecified atom stereocenters. The van der Waals surface area contributed by atoms with Gasteiger partial charge in [-0.1, -0.05) is 23.7 Å². The third-order valence-electron chi connectivity index (χ3n) is 6.53. The molecule has 0 bridgehead atoms. The summed E-state index contributed by atoms with van der Waals surface area (Å²) in [6.45, 7) is 1.11. The van der Waals surface area contributed by atoms with E-state index in [1.807, 2.05) is 23.1 Å². The van der Waals surface area contributed by atoms with E-state index in [0.29, 0.717) is 47.0 Å². The van der Waals surface area contributed by atoms with Gasteiger partial charge in [-0.2, -0.15) is 4.98 Å². The third-order valence-corrected chi connectivity index (χ3v) is 6.72. The van der Waals surface area contributed by atoms with Crippen LogP contribution < -0.4 is 15.0 Å². The maximum absolute atomic E-state index is 14.1. The van der Waals surface area contributed by atoms with Gasteiger partial charge in [-0.25, -0.2) is 18.7 Å². The van der Waals surface area contributed by atoms with Crippen molar-refractivity contribution in [1.82, 2.24) is 19.5 Å². The predicted molar refractivity (Wildman–Crippen MR) is 135 cm³/mol. The number of hydrogen-bond acceptors (Lipinski definition) is 7. The lowest BCUT2D eigenvalue weighted by Crippen LogP contribution is -2.23. The molecule has 1 saturated heterocycles. The highest BCUT2D eigenvalue weighted by molar-refractivity contribution is 6.29. The van der Waals surface area contributed by atoms with Crippen molar-refractivity contribution < 1.29 is 18.3 Å². The molecule has 6 rings (SSSR count). The first-order valence-corrected chi connectivity index (χ1v) is 12.2. The summed E-state index contributed by atoms with van der Waals surface area (Å²) >= 11 is 5.97. The first kappa shape index (κ1) is 23.6. The third kappa shape index (κ3) is 4.58. The van der Waals surface area contributed by atoms with Crippen molar-refractivity contribution in [3.8, 4) is 11.4 Å². The van der Waals surface area contributed by atoms with E-state index in [9.17, 15) is 8.78 Å². The van der Waals surface area contributed by atoms with Gasteiger partial charge in [-0.3, -0.25) is 0 Å². The number of aromatic nitrogens is 4. The molecule has 0 spiro atoms. The van der Waals surface area contributed by atoms with Crippen LogP contribution in [0.5, 0.6) is 5.75 Å². The van der Waals surface area contributed by atoms with E-state index in [2.05, 4.69) is 10.3 Å². The van der Waals surface area contributed by atoms with Gasteiger partial charge in [-0.15, -0.1) is 0 Å². The Labute approximate surface area is 216 Å². The monoisotopic (exact) mass is 524 g/mol. The number of imidazole rings is 1. The van der Waals surface area contributed by atoms with Crippen LogP contribution in [0.2, 0.25) is 5.15 Å². The molecule has 190 valence electrons. The Morgan fingerprint density at radius 3 is 2.70 bits per heavy atom.